The molecule has 0 radical (unpaired) electrons. The molecule has 0 N–H and O–H groups in total. The van der Waals surface area contributed by atoms with Gasteiger partial charge in [-0.1, -0.05) is 123 Å². The van der Waals surface area contributed by atoms with Gasteiger partial charge in [-0.15, -0.1) is 0 Å². The zero-order chi connectivity index (χ0) is 17.0. The average Bonchev–Trinajstić information content (AvgIpc) is 2.56. The quantitative estimate of drug-likeness (QED) is 0.174. The van der Waals surface area contributed by atoms with Crippen molar-refractivity contribution < 1.29 is 0 Å². The van der Waals surface area contributed by atoms with E-state index in [4.69, 9.17) is 0 Å². The van der Waals surface area contributed by atoms with E-state index in [1.54, 1.807) is 0 Å². The van der Waals surface area contributed by atoms with Gasteiger partial charge in [0.1, 0.15) is 0 Å². The van der Waals surface area contributed by atoms with Crippen molar-refractivity contribution in [2.45, 2.75) is 130 Å². The van der Waals surface area contributed by atoms with Gasteiger partial charge < -0.3 is 0 Å². The van der Waals surface area contributed by atoms with Crippen LogP contribution in [0.15, 0.2) is 12.2 Å². The third kappa shape index (κ3) is 17.9. The second-order valence-corrected chi connectivity index (χ2v) is 7.46. The van der Waals surface area contributed by atoms with Crippen LogP contribution in [0, 0.1) is 5.92 Å². The second kappa shape index (κ2) is 19.8. The summed E-state index contributed by atoms with van der Waals surface area (Å²) in [5.41, 5.74) is 0. The van der Waals surface area contributed by atoms with Crippen molar-refractivity contribution in [3.05, 3.63) is 12.2 Å². The van der Waals surface area contributed by atoms with Crippen LogP contribution < -0.4 is 0 Å². The van der Waals surface area contributed by atoms with Gasteiger partial charge in [-0.05, 0) is 25.2 Å². The van der Waals surface area contributed by atoms with Crippen molar-refractivity contribution >= 4 is 0 Å². The summed E-state index contributed by atoms with van der Waals surface area (Å²) in [6.07, 6.45) is 28.9. The minimum atomic E-state index is 1.01. The van der Waals surface area contributed by atoms with Gasteiger partial charge in [-0.3, -0.25) is 0 Å². The van der Waals surface area contributed by atoms with Crippen molar-refractivity contribution in [3.63, 3.8) is 0 Å². The molecule has 0 aliphatic heterocycles. The summed E-state index contributed by atoms with van der Waals surface area (Å²) >= 11 is 0. The summed E-state index contributed by atoms with van der Waals surface area (Å²) in [7, 11) is 0. The first kappa shape index (κ1) is 22.7. The standard InChI is InChI=1S/C23H46/c1-4-7-9-11-13-15-17-19-22-23(20-6-3)21-18-16-14-12-10-8-5-2/h11,13,23H,4-10,12,14-22H2,1-3H3/b13-11+. The number of rotatable bonds is 18. The van der Waals surface area contributed by atoms with E-state index in [0.29, 0.717) is 0 Å². The first-order valence-electron chi connectivity index (χ1n) is 11.0. The molecule has 0 aromatic carbocycles. The Morgan fingerprint density at radius 3 is 1.61 bits per heavy atom. The fourth-order valence-electron chi connectivity index (χ4n) is 3.48. The van der Waals surface area contributed by atoms with Crippen molar-refractivity contribution in [3.8, 4) is 0 Å². The lowest BCUT2D eigenvalue weighted by Crippen LogP contribution is -2.00. The summed E-state index contributed by atoms with van der Waals surface area (Å²) in [6, 6.07) is 0. The van der Waals surface area contributed by atoms with Gasteiger partial charge >= 0.3 is 0 Å². The summed E-state index contributed by atoms with van der Waals surface area (Å²) in [6.45, 7) is 6.93. The van der Waals surface area contributed by atoms with Gasteiger partial charge in [0.05, 0.1) is 0 Å². The Balaban J connectivity index is 3.52. The molecule has 0 fully saturated rings. The molecule has 0 heterocycles. The lowest BCUT2D eigenvalue weighted by Gasteiger charge is -2.15. The molecule has 0 aromatic rings. The Morgan fingerprint density at radius 2 is 1.00 bits per heavy atom. The first-order chi connectivity index (χ1) is 11.3. The number of hydrogen-bond donors (Lipinski definition) is 0. The number of hydrogen-bond acceptors (Lipinski definition) is 0. The van der Waals surface area contributed by atoms with Gasteiger partial charge in [0.2, 0.25) is 0 Å². The molecule has 0 amide bonds. The summed E-state index contributed by atoms with van der Waals surface area (Å²) < 4.78 is 0. The largest absolute Gasteiger partial charge is 0.0885 e. The Bertz CT molecular complexity index is 228. The highest BCUT2D eigenvalue weighted by molar-refractivity contribution is 4.81. The van der Waals surface area contributed by atoms with Crippen LogP contribution in [0.1, 0.15) is 130 Å². The molecule has 0 aliphatic rings. The van der Waals surface area contributed by atoms with Crippen molar-refractivity contribution in [2.24, 2.45) is 5.92 Å². The molecule has 1 atom stereocenters. The van der Waals surface area contributed by atoms with E-state index in [0.717, 1.165) is 5.92 Å². The van der Waals surface area contributed by atoms with Gasteiger partial charge in [0, 0.05) is 0 Å². The predicted molar refractivity (Wildman–Crippen MR) is 108 cm³/mol. The van der Waals surface area contributed by atoms with Gasteiger partial charge in [-0.25, -0.2) is 0 Å². The summed E-state index contributed by atoms with van der Waals surface area (Å²) in [5.74, 6) is 1.01. The van der Waals surface area contributed by atoms with Crippen molar-refractivity contribution in [1.82, 2.24) is 0 Å². The van der Waals surface area contributed by atoms with E-state index in [-0.39, 0.29) is 0 Å². The van der Waals surface area contributed by atoms with Gasteiger partial charge in [0.15, 0.2) is 0 Å². The fourth-order valence-corrected chi connectivity index (χ4v) is 3.48. The maximum atomic E-state index is 2.42. The van der Waals surface area contributed by atoms with Crippen LogP contribution in [0.2, 0.25) is 0 Å². The Labute approximate surface area is 148 Å². The molecule has 0 aliphatic carbocycles. The second-order valence-electron chi connectivity index (χ2n) is 7.46. The first-order valence-corrected chi connectivity index (χ1v) is 11.0. The highest BCUT2D eigenvalue weighted by Crippen LogP contribution is 2.22. The van der Waals surface area contributed by atoms with Crippen LogP contribution in [0.3, 0.4) is 0 Å². The zero-order valence-electron chi connectivity index (χ0n) is 16.8. The third-order valence-electron chi connectivity index (χ3n) is 5.04. The minimum Gasteiger partial charge on any atom is -0.0885 e. The van der Waals surface area contributed by atoms with Crippen molar-refractivity contribution in [1.29, 1.82) is 0 Å². The SMILES string of the molecule is CCCC/C=C/CCCCC(CCC)CCCCCCCCC. The lowest BCUT2D eigenvalue weighted by atomic mass is 9.91. The van der Waals surface area contributed by atoms with Crippen LogP contribution in [-0.4, -0.2) is 0 Å². The van der Waals surface area contributed by atoms with Crippen LogP contribution in [-0.2, 0) is 0 Å². The molecule has 0 spiro atoms. The molecule has 1 unspecified atom stereocenters. The number of allylic oxidation sites excluding steroid dienone is 2. The van der Waals surface area contributed by atoms with E-state index in [2.05, 4.69) is 32.9 Å². The highest BCUT2D eigenvalue weighted by Gasteiger charge is 2.07. The maximum Gasteiger partial charge on any atom is -0.0351 e. The van der Waals surface area contributed by atoms with Crippen LogP contribution >= 0.6 is 0 Å². The molecule has 0 aromatic heterocycles. The average molecular weight is 323 g/mol. The molecule has 0 saturated carbocycles. The maximum absolute atomic E-state index is 2.42. The number of unbranched alkanes of at least 4 members (excludes halogenated alkanes) is 10. The monoisotopic (exact) mass is 322 g/mol. The minimum absolute atomic E-state index is 1.01. The molecular formula is C23H46. The van der Waals surface area contributed by atoms with E-state index < -0.39 is 0 Å². The zero-order valence-corrected chi connectivity index (χ0v) is 16.8. The molecule has 138 valence electrons. The summed E-state index contributed by atoms with van der Waals surface area (Å²) in [4.78, 5) is 0. The predicted octanol–water partition coefficient (Wildman–Crippen LogP) is 8.85. The van der Waals surface area contributed by atoms with Crippen LogP contribution in [0.25, 0.3) is 0 Å². The van der Waals surface area contributed by atoms with Gasteiger partial charge in [0.25, 0.3) is 0 Å². The third-order valence-corrected chi connectivity index (χ3v) is 5.04. The Morgan fingerprint density at radius 1 is 0.478 bits per heavy atom. The molecule has 0 bridgehead atoms. The van der Waals surface area contributed by atoms with Gasteiger partial charge in [-0.2, -0.15) is 0 Å². The van der Waals surface area contributed by atoms with Crippen LogP contribution in [0.4, 0.5) is 0 Å². The van der Waals surface area contributed by atoms with E-state index in [9.17, 15) is 0 Å². The lowest BCUT2D eigenvalue weighted by molar-refractivity contribution is 0.381. The molecule has 0 nitrogen and oxygen atoms in total. The fraction of sp³-hybridized carbons (Fsp3) is 0.913. The molecule has 0 heteroatoms. The van der Waals surface area contributed by atoms with E-state index >= 15 is 0 Å². The highest BCUT2D eigenvalue weighted by atomic mass is 14.1. The molecule has 0 saturated heterocycles. The normalized spacial score (nSPS) is 13.0. The van der Waals surface area contributed by atoms with E-state index in [1.807, 2.05) is 0 Å². The summed E-state index contributed by atoms with van der Waals surface area (Å²) in [5, 5.41) is 0. The Kier molecular flexibility index (Phi) is 19.6. The Hall–Kier alpha value is -0.260. The topological polar surface area (TPSA) is 0 Å². The molecule has 0 rings (SSSR count). The van der Waals surface area contributed by atoms with Crippen molar-refractivity contribution in [2.75, 3.05) is 0 Å². The molecule has 23 heavy (non-hydrogen) atoms. The smallest absolute Gasteiger partial charge is 0.0351 e. The van der Waals surface area contributed by atoms with Crippen LogP contribution in [0.5, 0.6) is 0 Å². The molecular weight excluding hydrogens is 276 g/mol. The van der Waals surface area contributed by atoms with E-state index in [1.165, 1.54) is 109 Å².